The van der Waals surface area contributed by atoms with Gasteiger partial charge in [-0.3, -0.25) is 4.79 Å². The Morgan fingerprint density at radius 1 is 1.29 bits per heavy atom. The molecule has 0 saturated heterocycles. The molecule has 1 aromatic heterocycles. The van der Waals surface area contributed by atoms with E-state index in [1.165, 1.54) is 0 Å². The smallest absolute Gasteiger partial charge is 0.303 e. The van der Waals surface area contributed by atoms with Gasteiger partial charge >= 0.3 is 5.97 Å². The SMILES string of the molecule is CC(C)(C)c1nc(COc2cccc(CCCCC(=O)O)c2)no1. The van der Waals surface area contributed by atoms with Gasteiger partial charge < -0.3 is 14.4 Å². The summed E-state index contributed by atoms with van der Waals surface area (Å²) in [6, 6.07) is 7.79. The zero-order valence-corrected chi connectivity index (χ0v) is 14.4. The first-order valence-electron chi connectivity index (χ1n) is 8.11. The fourth-order valence-electron chi connectivity index (χ4n) is 2.16. The molecule has 6 nitrogen and oxygen atoms in total. The minimum atomic E-state index is -0.748. The first-order chi connectivity index (χ1) is 11.3. The van der Waals surface area contributed by atoms with E-state index in [0.717, 1.165) is 24.2 Å². The largest absolute Gasteiger partial charge is 0.485 e. The Morgan fingerprint density at radius 2 is 2.08 bits per heavy atom. The minimum absolute atomic E-state index is 0.179. The Morgan fingerprint density at radius 3 is 2.75 bits per heavy atom. The maximum Gasteiger partial charge on any atom is 0.303 e. The molecule has 0 unspecified atom stereocenters. The number of carboxylic acids is 1. The van der Waals surface area contributed by atoms with E-state index in [-0.39, 0.29) is 18.4 Å². The van der Waals surface area contributed by atoms with Crippen LogP contribution in [0.2, 0.25) is 0 Å². The van der Waals surface area contributed by atoms with E-state index in [2.05, 4.69) is 10.1 Å². The van der Waals surface area contributed by atoms with E-state index in [9.17, 15) is 4.79 Å². The van der Waals surface area contributed by atoms with Gasteiger partial charge in [0.1, 0.15) is 5.75 Å². The second-order valence-electron chi connectivity index (χ2n) is 6.80. The van der Waals surface area contributed by atoms with Crippen molar-refractivity contribution in [3.05, 3.63) is 41.5 Å². The molecule has 24 heavy (non-hydrogen) atoms. The minimum Gasteiger partial charge on any atom is -0.485 e. The zero-order chi connectivity index (χ0) is 17.6. The van der Waals surface area contributed by atoms with Gasteiger partial charge in [0, 0.05) is 11.8 Å². The number of carbonyl (C=O) groups is 1. The second-order valence-corrected chi connectivity index (χ2v) is 6.80. The van der Waals surface area contributed by atoms with Crippen LogP contribution >= 0.6 is 0 Å². The third-order valence-electron chi connectivity index (χ3n) is 3.48. The van der Waals surface area contributed by atoms with Crippen molar-refractivity contribution >= 4 is 5.97 Å². The molecule has 0 fully saturated rings. The molecule has 0 radical (unpaired) electrons. The summed E-state index contributed by atoms with van der Waals surface area (Å²) in [6.45, 7) is 6.29. The summed E-state index contributed by atoms with van der Waals surface area (Å²) in [7, 11) is 0. The lowest BCUT2D eigenvalue weighted by molar-refractivity contribution is -0.137. The lowest BCUT2D eigenvalue weighted by Crippen LogP contribution is -2.11. The number of rotatable bonds is 8. The highest BCUT2D eigenvalue weighted by atomic mass is 16.5. The van der Waals surface area contributed by atoms with Crippen molar-refractivity contribution in [1.29, 1.82) is 0 Å². The fourth-order valence-corrected chi connectivity index (χ4v) is 2.16. The highest BCUT2D eigenvalue weighted by Gasteiger charge is 2.21. The number of nitrogens with zero attached hydrogens (tertiary/aromatic N) is 2. The molecule has 2 aromatic rings. The summed E-state index contributed by atoms with van der Waals surface area (Å²) < 4.78 is 11.0. The van der Waals surface area contributed by atoms with Gasteiger partial charge in [0.15, 0.2) is 6.61 Å². The zero-order valence-electron chi connectivity index (χ0n) is 14.4. The number of aromatic nitrogens is 2. The molecule has 130 valence electrons. The highest BCUT2D eigenvalue weighted by Crippen LogP contribution is 2.21. The highest BCUT2D eigenvalue weighted by molar-refractivity contribution is 5.66. The third kappa shape index (κ3) is 5.68. The van der Waals surface area contributed by atoms with Crippen LogP contribution in [0.4, 0.5) is 0 Å². The van der Waals surface area contributed by atoms with Crippen molar-refractivity contribution in [1.82, 2.24) is 10.1 Å². The molecule has 0 atom stereocenters. The van der Waals surface area contributed by atoms with Gasteiger partial charge in [0.05, 0.1) is 0 Å². The van der Waals surface area contributed by atoms with Crippen LogP contribution in [0, 0.1) is 0 Å². The van der Waals surface area contributed by atoms with Gasteiger partial charge in [0.2, 0.25) is 11.7 Å². The summed E-state index contributed by atoms with van der Waals surface area (Å²) in [5.41, 5.74) is 0.947. The molecule has 0 spiro atoms. The van der Waals surface area contributed by atoms with Crippen molar-refractivity contribution in [2.75, 3.05) is 0 Å². The van der Waals surface area contributed by atoms with E-state index < -0.39 is 5.97 Å². The van der Waals surface area contributed by atoms with Crippen molar-refractivity contribution in [2.24, 2.45) is 0 Å². The molecule has 1 N–H and O–H groups in total. The number of unbranched alkanes of at least 4 members (excludes halogenated alkanes) is 1. The lowest BCUT2D eigenvalue weighted by Gasteiger charge is -2.10. The number of aliphatic carboxylic acids is 1. The lowest BCUT2D eigenvalue weighted by atomic mass is 9.97. The van der Waals surface area contributed by atoms with Gasteiger partial charge in [-0.2, -0.15) is 4.98 Å². The van der Waals surface area contributed by atoms with Crippen molar-refractivity contribution < 1.29 is 19.2 Å². The maximum absolute atomic E-state index is 10.5. The van der Waals surface area contributed by atoms with Crippen LogP contribution in [0.15, 0.2) is 28.8 Å². The molecule has 0 aliphatic rings. The molecule has 0 saturated carbocycles. The van der Waals surface area contributed by atoms with E-state index >= 15 is 0 Å². The Hall–Kier alpha value is -2.37. The van der Waals surface area contributed by atoms with Gasteiger partial charge in [-0.25, -0.2) is 0 Å². The van der Waals surface area contributed by atoms with Crippen LogP contribution in [-0.2, 0) is 23.2 Å². The van der Waals surface area contributed by atoms with Crippen LogP contribution in [0.1, 0.15) is 57.3 Å². The van der Waals surface area contributed by atoms with Gasteiger partial charge in [-0.1, -0.05) is 38.1 Å². The summed E-state index contributed by atoms with van der Waals surface area (Å²) in [6.07, 6.45) is 2.57. The first kappa shape index (κ1) is 18.0. The standard InChI is InChI=1S/C18H24N2O4/c1-18(2,3)17-19-15(20-24-17)12-23-14-9-6-8-13(11-14)7-4-5-10-16(21)22/h6,8-9,11H,4-5,7,10,12H2,1-3H3,(H,21,22). The Balaban J connectivity index is 1.85. The molecule has 0 aliphatic carbocycles. The van der Waals surface area contributed by atoms with Crippen molar-refractivity contribution in [2.45, 2.75) is 58.5 Å². The van der Waals surface area contributed by atoms with Crippen molar-refractivity contribution in [3.8, 4) is 5.75 Å². The maximum atomic E-state index is 10.5. The molecular weight excluding hydrogens is 308 g/mol. The summed E-state index contributed by atoms with van der Waals surface area (Å²) in [5, 5.41) is 12.6. The summed E-state index contributed by atoms with van der Waals surface area (Å²) >= 11 is 0. The Labute approximate surface area is 141 Å². The molecule has 0 amide bonds. The van der Waals surface area contributed by atoms with E-state index in [4.69, 9.17) is 14.4 Å². The number of aryl methyl sites for hydroxylation is 1. The molecule has 1 aromatic carbocycles. The van der Waals surface area contributed by atoms with Gasteiger partial charge in [-0.05, 0) is 37.0 Å². The van der Waals surface area contributed by atoms with Gasteiger partial charge in [0.25, 0.3) is 0 Å². The topological polar surface area (TPSA) is 85.5 Å². The molecule has 1 heterocycles. The molecule has 0 aliphatic heterocycles. The average Bonchev–Trinajstić information content (AvgIpc) is 2.99. The predicted molar refractivity (Wildman–Crippen MR) is 89.0 cm³/mol. The number of hydrogen-bond donors (Lipinski definition) is 1. The monoisotopic (exact) mass is 332 g/mol. The number of benzene rings is 1. The number of carboxylic acid groups (broad SMARTS) is 1. The summed E-state index contributed by atoms with van der Waals surface area (Å²) in [5.74, 6) is 1.11. The summed E-state index contributed by atoms with van der Waals surface area (Å²) in [4.78, 5) is 14.8. The van der Waals surface area contributed by atoms with Gasteiger partial charge in [-0.15, -0.1) is 0 Å². The third-order valence-corrected chi connectivity index (χ3v) is 3.48. The van der Waals surface area contributed by atoms with Crippen LogP contribution in [0.5, 0.6) is 5.75 Å². The predicted octanol–water partition coefficient (Wildman–Crippen LogP) is 3.74. The van der Waals surface area contributed by atoms with E-state index in [1.807, 2.05) is 45.0 Å². The van der Waals surface area contributed by atoms with Crippen LogP contribution < -0.4 is 4.74 Å². The first-order valence-corrected chi connectivity index (χ1v) is 8.11. The molecule has 2 rings (SSSR count). The second kappa shape index (κ2) is 7.95. The molecule has 0 bridgehead atoms. The molecule has 6 heteroatoms. The van der Waals surface area contributed by atoms with Crippen molar-refractivity contribution in [3.63, 3.8) is 0 Å². The van der Waals surface area contributed by atoms with Crippen LogP contribution in [0.25, 0.3) is 0 Å². The molecular formula is C18H24N2O4. The number of ether oxygens (including phenoxy) is 1. The van der Waals surface area contributed by atoms with Crippen LogP contribution in [0.3, 0.4) is 0 Å². The average molecular weight is 332 g/mol. The fraction of sp³-hybridized carbons (Fsp3) is 0.500. The van der Waals surface area contributed by atoms with E-state index in [0.29, 0.717) is 18.1 Å². The quantitative estimate of drug-likeness (QED) is 0.741. The van der Waals surface area contributed by atoms with E-state index in [1.54, 1.807) is 0 Å². The Bertz CT molecular complexity index is 674. The number of hydrogen-bond acceptors (Lipinski definition) is 5. The normalized spacial score (nSPS) is 11.5. The van der Waals surface area contributed by atoms with Crippen LogP contribution in [-0.4, -0.2) is 21.2 Å². The Kier molecular flexibility index (Phi) is 5.95.